The molecule has 0 spiro atoms. The molecule has 0 bridgehead atoms. The zero-order valence-corrected chi connectivity index (χ0v) is 8.19. The van der Waals surface area contributed by atoms with E-state index in [1.54, 1.807) is 0 Å². The van der Waals surface area contributed by atoms with Gasteiger partial charge < -0.3 is 5.41 Å². The van der Waals surface area contributed by atoms with Crippen molar-refractivity contribution in [2.75, 3.05) is 0 Å². The van der Waals surface area contributed by atoms with E-state index >= 15 is 0 Å². The van der Waals surface area contributed by atoms with E-state index in [1.807, 2.05) is 6.92 Å². The Kier molecular flexibility index (Phi) is 3.07. The molecule has 0 aromatic heterocycles. The van der Waals surface area contributed by atoms with Crippen LogP contribution in [0.1, 0.15) is 39.5 Å². The van der Waals surface area contributed by atoms with Gasteiger partial charge in [-0.3, -0.25) is 0 Å². The monoisotopic (exact) mass is 165 g/mol. The summed E-state index contributed by atoms with van der Waals surface area (Å²) in [5, 5.41) is 7.59. The van der Waals surface area contributed by atoms with Crippen molar-refractivity contribution in [1.82, 2.24) is 0 Å². The molecule has 68 valence electrons. The molecule has 2 atom stereocenters. The van der Waals surface area contributed by atoms with Gasteiger partial charge >= 0.3 is 0 Å². The molecule has 1 nitrogen and oxygen atoms in total. The van der Waals surface area contributed by atoms with Crippen LogP contribution in [0.4, 0.5) is 0 Å². The minimum Gasteiger partial charge on any atom is -0.310 e. The fraction of sp³-hybridized carbons (Fsp3) is 0.727. The van der Waals surface area contributed by atoms with Crippen molar-refractivity contribution in [3.8, 4) is 0 Å². The van der Waals surface area contributed by atoms with E-state index in [4.69, 9.17) is 5.41 Å². The predicted molar refractivity (Wildman–Crippen MR) is 53.7 cm³/mol. The zero-order valence-electron chi connectivity index (χ0n) is 8.19. The topological polar surface area (TPSA) is 23.9 Å². The summed E-state index contributed by atoms with van der Waals surface area (Å²) in [5.74, 6) is 1.23. The molecule has 1 aliphatic carbocycles. The quantitative estimate of drug-likeness (QED) is 0.479. The summed E-state index contributed by atoms with van der Waals surface area (Å²) in [4.78, 5) is 0. The first-order valence-electron chi connectivity index (χ1n) is 4.81. The van der Waals surface area contributed by atoms with E-state index in [9.17, 15) is 0 Å². The lowest BCUT2D eigenvalue weighted by atomic mass is 9.77. The average molecular weight is 165 g/mol. The first-order chi connectivity index (χ1) is 5.61. The van der Waals surface area contributed by atoms with Gasteiger partial charge in [-0.25, -0.2) is 0 Å². The Morgan fingerprint density at radius 2 is 1.83 bits per heavy atom. The third kappa shape index (κ3) is 2.20. The first kappa shape index (κ1) is 9.50. The Balaban J connectivity index is 2.51. The van der Waals surface area contributed by atoms with Crippen molar-refractivity contribution >= 4 is 5.71 Å². The van der Waals surface area contributed by atoms with Crippen molar-refractivity contribution in [2.45, 2.75) is 39.5 Å². The van der Waals surface area contributed by atoms with Crippen molar-refractivity contribution in [1.29, 1.82) is 5.41 Å². The van der Waals surface area contributed by atoms with Crippen LogP contribution in [0, 0.1) is 17.2 Å². The lowest BCUT2D eigenvalue weighted by Gasteiger charge is -2.28. The molecule has 0 aliphatic heterocycles. The van der Waals surface area contributed by atoms with Gasteiger partial charge in [0.15, 0.2) is 0 Å². The zero-order chi connectivity index (χ0) is 9.14. The van der Waals surface area contributed by atoms with E-state index in [1.165, 1.54) is 31.3 Å². The molecule has 0 aromatic rings. The van der Waals surface area contributed by atoms with Crippen LogP contribution >= 0.6 is 0 Å². The third-order valence-electron chi connectivity index (χ3n) is 2.98. The molecule has 0 aromatic carbocycles. The molecule has 2 unspecified atom stereocenters. The van der Waals surface area contributed by atoms with Gasteiger partial charge in [0.1, 0.15) is 0 Å². The SMILES string of the molecule is C=C(C)C1CCCC(C(C)=N)C1. The first-order valence-corrected chi connectivity index (χ1v) is 4.81. The fourth-order valence-corrected chi connectivity index (χ4v) is 2.03. The van der Waals surface area contributed by atoms with Gasteiger partial charge in [0.05, 0.1) is 0 Å². The molecule has 0 amide bonds. The smallest absolute Gasteiger partial charge is 0.00893 e. The molecule has 1 aliphatic rings. The highest BCUT2D eigenvalue weighted by Crippen LogP contribution is 2.33. The Morgan fingerprint density at radius 3 is 2.33 bits per heavy atom. The molecule has 1 N–H and O–H groups in total. The van der Waals surface area contributed by atoms with Crippen LogP contribution in [0.3, 0.4) is 0 Å². The second kappa shape index (κ2) is 3.88. The van der Waals surface area contributed by atoms with Crippen LogP contribution < -0.4 is 0 Å². The van der Waals surface area contributed by atoms with Gasteiger partial charge in [-0.1, -0.05) is 18.6 Å². The molecule has 1 fully saturated rings. The van der Waals surface area contributed by atoms with Crippen LogP contribution in [0.25, 0.3) is 0 Å². The number of allylic oxidation sites excluding steroid dienone is 1. The summed E-state index contributed by atoms with van der Waals surface area (Å²) in [6, 6.07) is 0. The van der Waals surface area contributed by atoms with Crippen molar-refractivity contribution < 1.29 is 0 Å². The minimum absolute atomic E-state index is 0.542. The predicted octanol–water partition coefficient (Wildman–Crippen LogP) is 3.41. The van der Waals surface area contributed by atoms with Gasteiger partial charge in [0.25, 0.3) is 0 Å². The van der Waals surface area contributed by atoms with Crippen molar-refractivity contribution in [3.63, 3.8) is 0 Å². The Morgan fingerprint density at radius 1 is 1.25 bits per heavy atom. The van der Waals surface area contributed by atoms with Crippen LogP contribution in [0.5, 0.6) is 0 Å². The number of nitrogens with one attached hydrogen (secondary N) is 1. The lowest BCUT2D eigenvalue weighted by Crippen LogP contribution is -2.20. The molecular formula is C11H19N. The number of rotatable bonds is 2. The molecular weight excluding hydrogens is 146 g/mol. The van der Waals surface area contributed by atoms with Gasteiger partial charge in [0, 0.05) is 5.71 Å². The minimum atomic E-state index is 0.542. The second-order valence-corrected chi connectivity index (χ2v) is 4.09. The van der Waals surface area contributed by atoms with Gasteiger partial charge in [-0.2, -0.15) is 0 Å². The maximum absolute atomic E-state index is 7.59. The summed E-state index contributed by atoms with van der Waals surface area (Å²) in [6.45, 7) is 8.06. The Bertz CT molecular complexity index is 173. The Hall–Kier alpha value is -0.590. The molecule has 1 heteroatoms. The largest absolute Gasteiger partial charge is 0.310 e. The van der Waals surface area contributed by atoms with Gasteiger partial charge in [-0.15, -0.1) is 0 Å². The lowest BCUT2D eigenvalue weighted by molar-refractivity contribution is 0.354. The maximum atomic E-state index is 7.59. The standard InChI is InChI=1S/C11H19N/c1-8(2)10-5-4-6-11(7-10)9(3)12/h10-12H,1,4-7H2,2-3H3. The van der Waals surface area contributed by atoms with E-state index in [0.717, 1.165) is 5.71 Å². The summed E-state index contributed by atoms with van der Waals surface area (Å²) < 4.78 is 0. The molecule has 1 saturated carbocycles. The number of hydrogen-bond donors (Lipinski definition) is 1. The normalized spacial score (nSPS) is 29.8. The molecule has 12 heavy (non-hydrogen) atoms. The van der Waals surface area contributed by atoms with E-state index < -0.39 is 0 Å². The van der Waals surface area contributed by atoms with Crippen molar-refractivity contribution in [3.05, 3.63) is 12.2 Å². The van der Waals surface area contributed by atoms with Crippen LogP contribution in [0.15, 0.2) is 12.2 Å². The summed E-state index contributed by atoms with van der Waals surface area (Å²) in [5.41, 5.74) is 2.17. The summed E-state index contributed by atoms with van der Waals surface area (Å²) in [7, 11) is 0. The highest BCUT2D eigenvalue weighted by Gasteiger charge is 2.23. The fourth-order valence-electron chi connectivity index (χ4n) is 2.03. The summed E-state index contributed by atoms with van der Waals surface area (Å²) >= 11 is 0. The molecule has 1 rings (SSSR count). The molecule has 0 saturated heterocycles. The third-order valence-corrected chi connectivity index (χ3v) is 2.98. The molecule has 0 heterocycles. The van der Waals surface area contributed by atoms with Crippen molar-refractivity contribution in [2.24, 2.45) is 11.8 Å². The summed E-state index contributed by atoms with van der Waals surface area (Å²) in [6.07, 6.45) is 4.96. The van der Waals surface area contributed by atoms with Crippen LogP contribution in [0.2, 0.25) is 0 Å². The average Bonchev–Trinajstić information content (AvgIpc) is 2.04. The van der Waals surface area contributed by atoms with E-state index in [2.05, 4.69) is 13.5 Å². The highest BCUT2D eigenvalue weighted by molar-refractivity contribution is 5.81. The van der Waals surface area contributed by atoms with E-state index in [0.29, 0.717) is 11.8 Å². The van der Waals surface area contributed by atoms with Gasteiger partial charge in [0.2, 0.25) is 0 Å². The second-order valence-electron chi connectivity index (χ2n) is 4.09. The Labute approximate surface area is 75.4 Å². The van der Waals surface area contributed by atoms with Crippen LogP contribution in [-0.4, -0.2) is 5.71 Å². The number of hydrogen-bond acceptors (Lipinski definition) is 1. The maximum Gasteiger partial charge on any atom is 0.00893 e. The highest BCUT2D eigenvalue weighted by atomic mass is 14.4. The molecule has 0 radical (unpaired) electrons. The van der Waals surface area contributed by atoms with Crippen LogP contribution in [-0.2, 0) is 0 Å². The van der Waals surface area contributed by atoms with Gasteiger partial charge in [-0.05, 0) is 44.9 Å². The van der Waals surface area contributed by atoms with E-state index in [-0.39, 0.29) is 0 Å².